The molecule has 0 bridgehead atoms. The van der Waals surface area contributed by atoms with E-state index < -0.39 is 9.05 Å². The van der Waals surface area contributed by atoms with Crippen molar-refractivity contribution >= 4 is 19.7 Å². The Morgan fingerprint density at radius 2 is 1.83 bits per heavy atom. The highest BCUT2D eigenvalue weighted by molar-refractivity contribution is 8.13. The summed E-state index contributed by atoms with van der Waals surface area (Å²) in [7, 11) is 3.34. The molecule has 0 atom stereocenters. The average Bonchev–Trinajstić information content (AvgIpc) is 2.32. The molecule has 0 N–H and O–H groups in total. The molecule has 0 saturated carbocycles. The average molecular weight is 293 g/mol. The molecular formula is C12H17ClO4S. The molecule has 0 saturated heterocycles. The van der Waals surface area contributed by atoms with Crippen LogP contribution in [0.1, 0.15) is 12.0 Å². The highest BCUT2D eigenvalue weighted by Gasteiger charge is 2.04. The highest BCUT2D eigenvalue weighted by atomic mass is 35.7. The van der Waals surface area contributed by atoms with Crippen LogP contribution in [0.3, 0.4) is 0 Å². The fourth-order valence-corrected chi connectivity index (χ4v) is 2.18. The van der Waals surface area contributed by atoms with E-state index in [1.165, 1.54) is 5.56 Å². The summed E-state index contributed by atoms with van der Waals surface area (Å²) in [5.74, 6) is 0.656. The van der Waals surface area contributed by atoms with E-state index in [1.54, 1.807) is 7.11 Å². The SMILES string of the molecule is COCCc1ccc(OCCCS(=O)(=O)Cl)cc1. The Bertz CT molecular complexity index is 442. The topological polar surface area (TPSA) is 52.6 Å². The van der Waals surface area contributed by atoms with Crippen LogP contribution < -0.4 is 4.74 Å². The Balaban J connectivity index is 2.31. The second-order valence-electron chi connectivity index (χ2n) is 3.83. The molecule has 0 aromatic heterocycles. The first-order valence-corrected chi connectivity index (χ1v) is 8.12. The largest absolute Gasteiger partial charge is 0.494 e. The molecule has 0 aliphatic rings. The molecule has 102 valence electrons. The van der Waals surface area contributed by atoms with Crippen molar-refractivity contribution in [1.29, 1.82) is 0 Å². The minimum atomic E-state index is -3.42. The summed E-state index contributed by atoms with van der Waals surface area (Å²) in [6.45, 7) is 1.02. The number of rotatable bonds is 8. The lowest BCUT2D eigenvalue weighted by molar-refractivity contribution is 0.202. The predicted molar refractivity (Wildman–Crippen MR) is 71.8 cm³/mol. The summed E-state index contributed by atoms with van der Waals surface area (Å²) in [6, 6.07) is 7.65. The summed E-state index contributed by atoms with van der Waals surface area (Å²) in [4.78, 5) is 0. The van der Waals surface area contributed by atoms with E-state index >= 15 is 0 Å². The maximum absolute atomic E-state index is 10.7. The first-order valence-electron chi connectivity index (χ1n) is 5.64. The van der Waals surface area contributed by atoms with Crippen LogP contribution in [0, 0.1) is 0 Å². The van der Waals surface area contributed by atoms with Crippen LogP contribution in [0.2, 0.25) is 0 Å². The van der Waals surface area contributed by atoms with Crippen molar-refractivity contribution in [3.05, 3.63) is 29.8 Å². The van der Waals surface area contributed by atoms with Crippen LogP contribution in [0.4, 0.5) is 0 Å². The van der Waals surface area contributed by atoms with Crippen molar-refractivity contribution in [2.75, 3.05) is 26.1 Å². The number of hydrogen-bond donors (Lipinski definition) is 0. The Kier molecular flexibility index (Phi) is 6.46. The second kappa shape index (κ2) is 7.61. The molecule has 1 aromatic rings. The summed E-state index contributed by atoms with van der Waals surface area (Å²) in [6.07, 6.45) is 1.25. The number of hydrogen-bond acceptors (Lipinski definition) is 4. The third kappa shape index (κ3) is 6.83. The van der Waals surface area contributed by atoms with Gasteiger partial charge in [0.25, 0.3) is 0 Å². The smallest absolute Gasteiger partial charge is 0.232 e. The molecule has 4 nitrogen and oxygen atoms in total. The number of benzene rings is 1. The molecule has 18 heavy (non-hydrogen) atoms. The van der Waals surface area contributed by atoms with E-state index in [9.17, 15) is 8.42 Å². The Hall–Kier alpha value is -0.780. The van der Waals surface area contributed by atoms with Gasteiger partial charge in [-0.3, -0.25) is 0 Å². The van der Waals surface area contributed by atoms with Crippen molar-refractivity contribution in [3.8, 4) is 5.75 Å². The summed E-state index contributed by atoms with van der Waals surface area (Å²) >= 11 is 0. The molecule has 0 aliphatic carbocycles. The van der Waals surface area contributed by atoms with E-state index in [0.29, 0.717) is 19.6 Å². The highest BCUT2D eigenvalue weighted by Crippen LogP contribution is 2.13. The van der Waals surface area contributed by atoms with Crippen molar-refractivity contribution in [1.82, 2.24) is 0 Å². The van der Waals surface area contributed by atoms with Gasteiger partial charge in [0.2, 0.25) is 9.05 Å². The third-order valence-corrected chi connectivity index (χ3v) is 3.56. The van der Waals surface area contributed by atoms with Crippen molar-refractivity contribution in [3.63, 3.8) is 0 Å². The molecule has 0 radical (unpaired) electrons. The maximum Gasteiger partial charge on any atom is 0.232 e. The summed E-state index contributed by atoms with van der Waals surface area (Å²) in [5.41, 5.74) is 1.17. The van der Waals surface area contributed by atoms with Crippen LogP contribution in [0.25, 0.3) is 0 Å². The van der Waals surface area contributed by atoms with E-state index in [-0.39, 0.29) is 5.75 Å². The lowest BCUT2D eigenvalue weighted by atomic mass is 10.1. The fraction of sp³-hybridized carbons (Fsp3) is 0.500. The van der Waals surface area contributed by atoms with Gasteiger partial charge in [-0.1, -0.05) is 12.1 Å². The number of halogens is 1. The van der Waals surface area contributed by atoms with Gasteiger partial charge in [0.1, 0.15) is 5.75 Å². The van der Waals surface area contributed by atoms with Crippen LogP contribution in [0.15, 0.2) is 24.3 Å². The molecule has 0 spiro atoms. The normalized spacial score (nSPS) is 11.4. The van der Waals surface area contributed by atoms with E-state index in [1.807, 2.05) is 24.3 Å². The Labute approximate surface area is 112 Å². The quantitative estimate of drug-likeness (QED) is 0.544. The predicted octanol–water partition coefficient (Wildman–Crippen LogP) is 2.21. The van der Waals surface area contributed by atoms with Crippen LogP contribution >= 0.6 is 10.7 Å². The molecule has 0 heterocycles. The molecule has 0 aliphatic heterocycles. The van der Waals surface area contributed by atoms with Crippen molar-refractivity contribution in [2.45, 2.75) is 12.8 Å². The monoisotopic (exact) mass is 292 g/mol. The van der Waals surface area contributed by atoms with Crippen LogP contribution in [-0.4, -0.2) is 34.5 Å². The van der Waals surface area contributed by atoms with Gasteiger partial charge in [0, 0.05) is 17.8 Å². The van der Waals surface area contributed by atoms with Gasteiger partial charge in [0.15, 0.2) is 0 Å². The van der Waals surface area contributed by atoms with Crippen LogP contribution in [-0.2, 0) is 20.2 Å². The Morgan fingerprint density at radius 1 is 1.17 bits per heavy atom. The zero-order valence-corrected chi connectivity index (χ0v) is 11.8. The number of methoxy groups -OCH3 is 1. The van der Waals surface area contributed by atoms with E-state index in [4.69, 9.17) is 20.2 Å². The van der Waals surface area contributed by atoms with Gasteiger partial charge < -0.3 is 9.47 Å². The maximum atomic E-state index is 10.7. The molecular weight excluding hydrogens is 276 g/mol. The Morgan fingerprint density at radius 3 is 2.39 bits per heavy atom. The lowest BCUT2D eigenvalue weighted by Crippen LogP contribution is -2.04. The zero-order chi connectivity index (χ0) is 13.4. The van der Waals surface area contributed by atoms with E-state index in [0.717, 1.165) is 12.2 Å². The molecule has 1 aromatic carbocycles. The standard InChI is InChI=1S/C12H17ClO4S/c1-16-9-7-11-3-5-12(6-4-11)17-8-2-10-18(13,14)15/h3-6H,2,7-10H2,1H3. The zero-order valence-electron chi connectivity index (χ0n) is 10.3. The number of ether oxygens (including phenoxy) is 2. The van der Waals surface area contributed by atoms with Gasteiger partial charge in [0.05, 0.1) is 19.0 Å². The van der Waals surface area contributed by atoms with Crippen molar-refractivity contribution in [2.24, 2.45) is 0 Å². The summed E-state index contributed by atoms with van der Waals surface area (Å²) in [5, 5.41) is 0. The van der Waals surface area contributed by atoms with Gasteiger partial charge in [-0.15, -0.1) is 0 Å². The third-order valence-electron chi connectivity index (χ3n) is 2.32. The van der Waals surface area contributed by atoms with Crippen LogP contribution in [0.5, 0.6) is 5.75 Å². The van der Waals surface area contributed by atoms with Crippen molar-refractivity contribution < 1.29 is 17.9 Å². The molecule has 1 rings (SSSR count). The molecule has 0 unspecified atom stereocenters. The fourth-order valence-electron chi connectivity index (χ4n) is 1.39. The minimum absolute atomic E-state index is 0.0690. The van der Waals surface area contributed by atoms with Gasteiger partial charge in [-0.25, -0.2) is 8.42 Å². The lowest BCUT2D eigenvalue weighted by Gasteiger charge is -2.06. The van der Waals surface area contributed by atoms with Gasteiger partial charge >= 0.3 is 0 Å². The molecule has 6 heteroatoms. The molecule has 0 fully saturated rings. The van der Waals surface area contributed by atoms with Gasteiger partial charge in [-0.05, 0) is 30.5 Å². The van der Waals surface area contributed by atoms with Gasteiger partial charge in [-0.2, -0.15) is 0 Å². The first kappa shape index (κ1) is 15.3. The minimum Gasteiger partial charge on any atom is -0.494 e. The first-order chi connectivity index (χ1) is 8.51. The summed E-state index contributed by atoms with van der Waals surface area (Å²) < 4.78 is 31.8. The molecule has 0 amide bonds. The second-order valence-corrected chi connectivity index (χ2v) is 6.73. The van der Waals surface area contributed by atoms with E-state index in [2.05, 4.69) is 0 Å².